The number of allylic oxidation sites excluding steroid dienone is 4. The highest BCUT2D eigenvalue weighted by atomic mass is 16.4. The lowest BCUT2D eigenvalue weighted by Crippen LogP contribution is -2.17. The Hall–Kier alpha value is -3.61. The van der Waals surface area contributed by atoms with Crippen molar-refractivity contribution < 1.29 is 34.8 Å². The summed E-state index contributed by atoms with van der Waals surface area (Å²) in [4.78, 5) is 33.9. The first kappa shape index (κ1) is 23.5. The van der Waals surface area contributed by atoms with Crippen LogP contribution in [-0.2, 0) is 14.4 Å². The van der Waals surface area contributed by atoms with E-state index in [1.807, 2.05) is 18.2 Å². The first-order valence-corrected chi connectivity index (χ1v) is 11.6. The first-order valence-electron chi connectivity index (χ1n) is 11.6. The van der Waals surface area contributed by atoms with Crippen molar-refractivity contribution in [3.05, 3.63) is 76.4 Å². The highest BCUT2D eigenvalue weighted by Gasteiger charge is 2.29. The van der Waals surface area contributed by atoms with Crippen molar-refractivity contribution in [2.24, 2.45) is 5.92 Å². The quantitative estimate of drug-likeness (QED) is 0.442. The van der Waals surface area contributed by atoms with Gasteiger partial charge in [-0.25, -0.2) is 9.59 Å². The van der Waals surface area contributed by atoms with E-state index in [4.69, 9.17) is 0 Å². The molecule has 3 aliphatic rings. The molecule has 4 N–H and O–H groups in total. The van der Waals surface area contributed by atoms with Gasteiger partial charge in [0.25, 0.3) is 0 Å². The van der Waals surface area contributed by atoms with E-state index < -0.39 is 23.8 Å². The fourth-order valence-electron chi connectivity index (χ4n) is 5.13. The molecule has 0 heterocycles. The third kappa shape index (κ3) is 4.83. The summed E-state index contributed by atoms with van der Waals surface area (Å²) in [6.45, 7) is 0. The van der Waals surface area contributed by atoms with E-state index in [2.05, 4.69) is 0 Å². The molecule has 34 heavy (non-hydrogen) atoms. The van der Waals surface area contributed by atoms with Crippen molar-refractivity contribution >= 4 is 17.9 Å². The van der Waals surface area contributed by atoms with Gasteiger partial charge in [-0.15, -0.1) is 0 Å². The number of hydrogen-bond donors (Lipinski definition) is 4. The fraction of sp³-hybridized carbons (Fsp3) is 0.370. The van der Waals surface area contributed by atoms with Gasteiger partial charge in [0, 0.05) is 28.5 Å². The van der Waals surface area contributed by atoms with Crippen molar-refractivity contribution in [3.63, 3.8) is 0 Å². The summed E-state index contributed by atoms with van der Waals surface area (Å²) in [6, 6.07) is 3.94. The summed E-state index contributed by atoms with van der Waals surface area (Å²) in [7, 11) is 0. The van der Waals surface area contributed by atoms with Crippen LogP contribution in [0, 0.1) is 5.92 Å². The zero-order chi connectivity index (χ0) is 24.4. The standard InChI is InChI=1S/C27H28O7/c28-24-22(16-3-9-19(10-4-16)26(31)32)13-21(15-1-7-18(8-2-15)25(29)30)14-23(24)17-5-11-20(12-6-17)27(33)34/h3,5,7,9-11,13-17,20,28H,1-2,4,6,8,12H2,(H,29,30)(H,31,32)(H,33,34). The number of aromatic hydroxyl groups is 1. The molecule has 7 nitrogen and oxygen atoms in total. The molecule has 0 aromatic heterocycles. The maximum Gasteiger partial charge on any atom is 0.335 e. The average Bonchev–Trinajstić information content (AvgIpc) is 2.84. The Morgan fingerprint density at radius 2 is 1.53 bits per heavy atom. The number of rotatable bonds is 6. The summed E-state index contributed by atoms with van der Waals surface area (Å²) in [5.41, 5.74) is 3.11. The van der Waals surface area contributed by atoms with Gasteiger partial charge in [0.05, 0.1) is 11.5 Å². The van der Waals surface area contributed by atoms with Crippen LogP contribution in [0.5, 0.6) is 5.75 Å². The van der Waals surface area contributed by atoms with E-state index in [1.54, 1.807) is 30.4 Å². The third-order valence-electron chi connectivity index (χ3n) is 7.18. The Balaban J connectivity index is 1.71. The highest BCUT2D eigenvalue weighted by Crippen LogP contribution is 2.44. The van der Waals surface area contributed by atoms with Gasteiger partial charge in [-0.3, -0.25) is 4.79 Å². The molecule has 1 aromatic rings. The van der Waals surface area contributed by atoms with Crippen LogP contribution in [-0.4, -0.2) is 38.3 Å². The molecular weight excluding hydrogens is 436 g/mol. The van der Waals surface area contributed by atoms with Crippen LogP contribution in [0.15, 0.2) is 59.7 Å². The van der Waals surface area contributed by atoms with Crippen LogP contribution >= 0.6 is 0 Å². The predicted octanol–water partition coefficient (Wildman–Crippen LogP) is 4.86. The van der Waals surface area contributed by atoms with E-state index in [-0.39, 0.29) is 29.1 Å². The van der Waals surface area contributed by atoms with E-state index in [0.29, 0.717) is 49.7 Å². The lowest BCUT2D eigenvalue weighted by molar-refractivity contribution is -0.140. The smallest absolute Gasteiger partial charge is 0.335 e. The summed E-state index contributed by atoms with van der Waals surface area (Å²) >= 11 is 0. The van der Waals surface area contributed by atoms with Crippen LogP contribution < -0.4 is 0 Å². The van der Waals surface area contributed by atoms with Crippen LogP contribution in [0.3, 0.4) is 0 Å². The molecule has 0 aliphatic heterocycles. The maximum atomic E-state index is 11.3. The van der Waals surface area contributed by atoms with Crippen LogP contribution in [0.1, 0.15) is 73.0 Å². The van der Waals surface area contributed by atoms with E-state index in [1.165, 1.54) is 0 Å². The second-order valence-corrected chi connectivity index (χ2v) is 9.23. The maximum absolute atomic E-state index is 11.3. The van der Waals surface area contributed by atoms with E-state index in [9.17, 15) is 34.8 Å². The molecular formula is C27H28O7. The number of phenols is 1. The first-order chi connectivity index (χ1) is 16.2. The zero-order valence-corrected chi connectivity index (χ0v) is 18.7. The van der Waals surface area contributed by atoms with Gasteiger partial charge in [0.1, 0.15) is 5.75 Å². The third-order valence-corrected chi connectivity index (χ3v) is 7.18. The number of phenolic OH excluding ortho intramolecular Hbond substituents is 1. The van der Waals surface area contributed by atoms with Gasteiger partial charge in [0.15, 0.2) is 0 Å². The number of benzene rings is 1. The zero-order valence-electron chi connectivity index (χ0n) is 18.7. The Kier molecular flexibility index (Phi) is 6.72. The van der Waals surface area contributed by atoms with Gasteiger partial charge in [-0.1, -0.05) is 48.6 Å². The fourth-order valence-corrected chi connectivity index (χ4v) is 5.13. The molecule has 0 saturated carbocycles. The Morgan fingerprint density at radius 1 is 0.794 bits per heavy atom. The predicted molar refractivity (Wildman–Crippen MR) is 125 cm³/mol. The van der Waals surface area contributed by atoms with Gasteiger partial charge in [-0.2, -0.15) is 0 Å². The Morgan fingerprint density at radius 3 is 2.03 bits per heavy atom. The molecule has 3 aliphatic carbocycles. The Bertz CT molecular complexity index is 1110. The van der Waals surface area contributed by atoms with Crippen molar-refractivity contribution in [2.75, 3.05) is 0 Å². The molecule has 7 heteroatoms. The number of carboxylic acid groups (broad SMARTS) is 3. The lowest BCUT2D eigenvalue weighted by atomic mass is 9.77. The second kappa shape index (κ2) is 9.71. The number of carbonyl (C=O) groups is 3. The van der Waals surface area contributed by atoms with Crippen LogP contribution in [0.2, 0.25) is 0 Å². The summed E-state index contributed by atoms with van der Waals surface area (Å²) in [6.07, 6.45) is 13.6. The van der Waals surface area contributed by atoms with Crippen molar-refractivity contribution in [3.8, 4) is 5.75 Å². The van der Waals surface area contributed by atoms with Gasteiger partial charge < -0.3 is 20.4 Å². The summed E-state index contributed by atoms with van der Waals surface area (Å²) in [5, 5.41) is 39.1. The highest BCUT2D eigenvalue weighted by molar-refractivity contribution is 5.90. The minimum absolute atomic E-state index is 0.109. The average molecular weight is 465 g/mol. The van der Waals surface area contributed by atoms with Gasteiger partial charge in [0.2, 0.25) is 0 Å². The molecule has 4 rings (SSSR count). The second-order valence-electron chi connectivity index (χ2n) is 9.23. The largest absolute Gasteiger partial charge is 0.507 e. The SMILES string of the molecule is O=C(O)C1=CCC(c2cc(C3CC=C(C(=O)O)CC3)cc(C3C=CC(C(=O)O)CC3)c2O)C=C1. The topological polar surface area (TPSA) is 132 Å². The number of hydrogen-bond acceptors (Lipinski definition) is 4. The van der Waals surface area contributed by atoms with E-state index >= 15 is 0 Å². The monoisotopic (exact) mass is 464 g/mol. The minimum atomic E-state index is -0.989. The Labute approximate surface area is 197 Å². The van der Waals surface area contributed by atoms with E-state index in [0.717, 1.165) is 11.1 Å². The molecule has 1 aromatic carbocycles. The normalized spacial score (nSPS) is 26.5. The minimum Gasteiger partial charge on any atom is -0.507 e. The van der Waals surface area contributed by atoms with Crippen molar-refractivity contribution in [2.45, 2.75) is 56.3 Å². The number of aliphatic carboxylic acids is 3. The molecule has 4 unspecified atom stereocenters. The van der Waals surface area contributed by atoms with Gasteiger partial charge >= 0.3 is 17.9 Å². The van der Waals surface area contributed by atoms with Crippen molar-refractivity contribution in [1.29, 1.82) is 0 Å². The molecule has 0 amide bonds. The summed E-state index contributed by atoms with van der Waals surface area (Å²) < 4.78 is 0. The van der Waals surface area contributed by atoms with Crippen molar-refractivity contribution in [1.82, 2.24) is 0 Å². The lowest BCUT2D eigenvalue weighted by Gasteiger charge is -2.28. The summed E-state index contributed by atoms with van der Waals surface area (Å²) in [5.74, 6) is -3.30. The van der Waals surface area contributed by atoms with Crippen LogP contribution in [0.4, 0.5) is 0 Å². The molecule has 0 bridgehead atoms. The molecule has 4 atom stereocenters. The molecule has 0 saturated heterocycles. The molecule has 0 spiro atoms. The molecule has 0 fully saturated rings. The molecule has 178 valence electrons. The number of carboxylic acids is 3. The van der Waals surface area contributed by atoms with Gasteiger partial charge in [-0.05, 0) is 50.0 Å². The van der Waals surface area contributed by atoms with Crippen LogP contribution in [0.25, 0.3) is 0 Å². The molecule has 0 radical (unpaired) electrons.